The molecule has 2 aromatic rings. The van der Waals surface area contributed by atoms with Crippen molar-refractivity contribution in [2.75, 3.05) is 5.43 Å². The number of hydrogen-bond acceptors (Lipinski definition) is 1. The topological polar surface area (TPSA) is 17.0 Å². The molecule has 0 aliphatic rings. The van der Waals surface area contributed by atoms with Crippen LogP contribution in [0.4, 0.5) is 18.9 Å². The van der Waals surface area contributed by atoms with Gasteiger partial charge in [-0.3, -0.25) is 10.1 Å². The molecular formula is C13H12BrF3N2. The van der Waals surface area contributed by atoms with Gasteiger partial charge in [0.2, 0.25) is 0 Å². The van der Waals surface area contributed by atoms with Crippen LogP contribution in [0.3, 0.4) is 0 Å². The van der Waals surface area contributed by atoms with E-state index < -0.39 is 11.7 Å². The maximum atomic E-state index is 12.9. The summed E-state index contributed by atoms with van der Waals surface area (Å²) in [5, 5.41) is 0. The number of rotatable bonds is 2. The quantitative estimate of drug-likeness (QED) is 0.838. The van der Waals surface area contributed by atoms with Crippen molar-refractivity contribution in [1.82, 2.24) is 4.68 Å². The van der Waals surface area contributed by atoms with Crippen molar-refractivity contribution >= 4 is 21.6 Å². The molecule has 19 heavy (non-hydrogen) atoms. The standard InChI is InChI=1S/C13H12BrF3N2/c1-8-3-4-9(2)19(8)18-12-7-10(14)5-6-11(12)13(15,16)17/h3-7,18H,1-2H3. The second-order valence-electron chi connectivity index (χ2n) is 4.25. The normalized spacial score (nSPS) is 11.7. The summed E-state index contributed by atoms with van der Waals surface area (Å²) in [6, 6.07) is 7.53. The van der Waals surface area contributed by atoms with Crippen molar-refractivity contribution in [3.05, 3.63) is 51.8 Å². The molecule has 0 fully saturated rings. The van der Waals surface area contributed by atoms with Gasteiger partial charge in [-0.05, 0) is 44.2 Å². The Bertz CT molecular complexity index is 583. The highest BCUT2D eigenvalue weighted by Crippen LogP contribution is 2.36. The van der Waals surface area contributed by atoms with Gasteiger partial charge in [0.25, 0.3) is 0 Å². The molecule has 0 unspecified atom stereocenters. The largest absolute Gasteiger partial charge is 0.418 e. The average Bonchev–Trinajstić information content (AvgIpc) is 2.59. The molecule has 0 aliphatic carbocycles. The second-order valence-corrected chi connectivity index (χ2v) is 5.17. The molecule has 0 saturated heterocycles. The average molecular weight is 333 g/mol. The fraction of sp³-hybridized carbons (Fsp3) is 0.231. The maximum absolute atomic E-state index is 12.9. The molecule has 1 aromatic heterocycles. The zero-order chi connectivity index (χ0) is 14.2. The third-order valence-electron chi connectivity index (χ3n) is 2.79. The lowest BCUT2D eigenvalue weighted by atomic mass is 10.2. The summed E-state index contributed by atoms with van der Waals surface area (Å²) < 4.78 is 41.0. The lowest BCUT2D eigenvalue weighted by Crippen LogP contribution is -2.17. The molecule has 0 amide bonds. The number of aryl methyl sites for hydroxylation is 2. The third kappa shape index (κ3) is 2.94. The van der Waals surface area contributed by atoms with Gasteiger partial charge in [-0.15, -0.1) is 0 Å². The Kier molecular flexibility index (Phi) is 3.62. The van der Waals surface area contributed by atoms with Crippen LogP contribution >= 0.6 is 15.9 Å². The SMILES string of the molecule is Cc1ccc(C)n1Nc1cc(Br)ccc1C(F)(F)F. The molecule has 0 atom stereocenters. The Morgan fingerprint density at radius 1 is 1.05 bits per heavy atom. The van der Waals surface area contributed by atoms with E-state index in [0.29, 0.717) is 4.47 Å². The molecule has 0 bridgehead atoms. The molecule has 1 heterocycles. The van der Waals surface area contributed by atoms with Gasteiger partial charge in [0, 0.05) is 15.9 Å². The van der Waals surface area contributed by atoms with Crippen molar-refractivity contribution < 1.29 is 13.2 Å². The Morgan fingerprint density at radius 3 is 2.16 bits per heavy atom. The van der Waals surface area contributed by atoms with Crippen molar-refractivity contribution in [3.8, 4) is 0 Å². The number of anilines is 1. The van der Waals surface area contributed by atoms with Crippen molar-refractivity contribution in [2.24, 2.45) is 0 Å². The summed E-state index contributed by atoms with van der Waals surface area (Å²) in [6.07, 6.45) is -4.39. The molecule has 2 nitrogen and oxygen atoms in total. The monoisotopic (exact) mass is 332 g/mol. The van der Waals surface area contributed by atoms with Crippen LogP contribution in [-0.4, -0.2) is 4.68 Å². The third-order valence-corrected chi connectivity index (χ3v) is 3.28. The number of hydrogen-bond donors (Lipinski definition) is 1. The Balaban J connectivity index is 2.48. The van der Waals surface area contributed by atoms with Crippen LogP contribution in [0.1, 0.15) is 17.0 Å². The van der Waals surface area contributed by atoms with Gasteiger partial charge in [-0.25, -0.2) is 0 Å². The first-order valence-corrected chi connectivity index (χ1v) is 6.37. The number of benzene rings is 1. The minimum absolute atomic E-state index is 0.0178. The molecule has 1 aromatic carbocycles. The summed E-state index contributed by atoms with van der Waals surface area (Å²) in [6.45, 7) is 3.65. The zero-order valence-electron chi connectivity index (χ0n) is 10.3. The number of halogens is 4. The molecule has 2 rings (SSSR count). The van der Waals surface area contributed by atoms with Crippen LogP contribution < -0.4 is 5.43 Å². The molecule has 6 heteroatoms. The van der Waals surface area contributed by atoms with Crippen LogP contribution in [-0.2, 0) is 6.18 Å². The lowest BCUT2D eigenvalue weighted by molar-refractivity contribution is -0.137. The van der Waals surface area contributed by atoms with Crippen LogP contribution in [0.15, 0.2) is 34.8 Å². The number of aromatic nitrogens is 1. The zero-order valence-corrected chi connectivity index (χ0v) is 11.9. The van der Waals surface area contributed by atoms with E-state index in [1.807, 2.05) is 26.0 Å². The van der Waals surface area contributed by atoms with Gasteiger partial charge < -0.3 is 0 Å². The van der Waals surface area contributed by atoms with Crippen LogP contribution in [0.2, 0.25) is 0 Å². The smallest absolute Gasteiger partial charge is 0.294 e. The lowest BCUT2D eigenvalue weighted by Gasteiger charge is -2.18. The van der Waals surface area contributed by atoms with Gasteiger partial charge in [-0.1, -0.05) is 15.9 Å². The molecule has 1 N–H and O–H groups in total. The van der Waals surface area contributed by atoms with Gasteiger partial charge >= 0.3 is 6.18 Å². The number of nitrogens with zero attached hydrogens (tertiary/aromatic N) is 1. The fourth-order valence-electron chi connectivity index (χ4n) is 1.82. The summed E-state index contributed by atoms with van der Waals surface area (Å²) in [5.41, 5.74) is 3.81. The first kappa shape index (κ1) is 14.0. The van der Waals surface area contributed by atoms with Crippen LogP contribution in [0.25, 0.3) is 0 Å². The van der Waals surface area contributed by atoms with E-state index in [1.54, 1.807) is 4.68 Å². The van der Waals surface area contributed by atoms with E-state index in [2.05, 4.69) is 21.4 Å². The van der Waals surface area contributed by atoms with Crippen LogP contribution in [0.5, 0.6) is 0 Å². The highest BCUT2D eigenvalue weighted by Gasteiger charge is 2.33. The van der Waals surface area contributed by atoms with E-state index in [-0.39, 0.29) is 5.69 Å². The van der Waals surface area contributed by atoms with E-state index >= 15 is 0 Å². The summed E-state index contributed by atoms with van der Waals surface area (Å²) in [7, 11) is 0. The van der Waals surface area contributed by atoms with Gasteiger partial charge in [0.05, 0.1) is 11.3 Å². The number of nitrogens with one attached hydrogen (secondary N) is 1. The second kappa shape index (κ2) is 4.92. The Hall–Kier alpha value is -1.43. The van der Waals surface area contributed by atoms with E-state index in [0.717, 1.165) is 17.5 Å². The van der Waals surface area contributed by atoms with E-state index in [9.17, 15) is 13.2 Å². The molecule has 0 radical (unpaired) electrons. The van der Waals surface area contributed by atoms with Gasteiger partial charge in [0.15, 0.2) is 0 Å². The van der Waals surface area contributed by atoms with Gasteiger partial charge in [0.1, 0.15) is 0 Å². The first-order valence-electron chi connectivity index (χ1n) is 5.58. The van der Waals surface area contributed by atoms with Crippen molar-refractivity contribution in [3.63, 3.8) is 0 Å². The highest BCUT2D eigenvalue weighted by molar-refractivity contribution is 9.10. The minimum atomic E-state index is -4.39. The maximum Gasteiger partial charge on any atom is 0.418 e. The first-order chi connectivity index (χ1) is 8.79. The van der Waals surface area contributed by atoms with E-state index in [1.165, 1.54) is 12.1 Å². The minimum Gasteiger partial charge on any atom is -0.294 e. The Labute approximate surface area is 117 Å². The summed E-state index contributed by atoms with van der Waals surface area (Å²) in [4.78, 5) is 0. The fourth-order valence-corrected chi connectivity index (χ4v) is 2.18. The molecule has 0 aliphatic heterocycles. The van der Waals surface area contributed by atoms with Crippen molar-refractivity contribution in [2.45, 2.75) is 20.0 Å². The van der Waals surface area contributed by atoms with Gasteiger partial charge in [-0.2, -0.15) is 13.2 Å². The van der Waals surface area contributed by atoms with Crippen LogP contribution in [0, 0.1) is 13.8 Å². The summed E-state index contributed by atoms with van der Waals surface area (Å²) in [5.74, 6) is 0. The Morgan fingerprint density at radius 2 is 1.63 bits per heavy atom. The molecule has 102 valence electrons. The predicted octanol–water partition coefficient (Wildman–Crippen LogP) is 4.76. The number of alkyl halides is 3. The summed E-state index contributed by atoms with van der Waals surface area (Å²) >= 11 is 3.19. The molecular weight excluding hydrogens is 321 g/mol. The molecule has 0 spiro atoms. The highest BCUT2D eigenvalue weighted by atomic mass is 79.9. The predicted molar refractivity (Wildman–Crippen MR) is 72.1 cm³/mol. The molecule has 0 saturated carbocycles. The van der Waals surface area contributed by atoms with E-state index in [4.69, 9.17) is 0 Å². The van der Waals surface area contributed by atoms with Crippen molar-refractivity contribution in [1.29, 1.82) is 0 Å².